The highest BCUT2D eigenvalue weighted by Gasteiger charge is 2.27. The van der Waals surface area contributed by atoms with Gasteiger partial charge in [-0.2, -0.15) is 0 Å². The predicted octanol–water partition coefficient (Wildman–Crippen LogP) is 1.17. The fraction of sp³-hybridized carbons (Fsp3) is 1.00. The van der Waals surface area contributed by atoms with Gasteiger partial charge in [-0.05, 0) is 12.8 Å². The Bertz CT molecular complexity index is 244. The summed E-state index contributed by atoms with van der Waals surface area (Å²) in [6.45, 7) is 0.435. The van der Waals surface area contributed by atoms with Crippen LogP contribution in [0.15, 0.2) is 0 Å². The van der Waals surface area contributed by atoms with Gasteiger partial charge in [0.1, 0.15) is 0 Å². The molecule has 1 aliphatic rings. The minimum atomic E-state index is -1.23. The molecule has 0 amide bonds. The van der Waals surface area contributed by atoms with E-state index in [9.17, 15) is 8.42 Å². The molecule has 1 rings (SSSR count). The van der Waals surface area contributed by atoms with Crippen LogP contribution in [0.4, 0.5) is 0 Å². The van der Waals surface area contributed by atoms with E-state index < -0.39 is 22.2 Å². The van der Waals surface area contributed by atoms with Crippen LogP contribution in [0.3, 0.4) is 0 Å². The van der Waals surface area contributed by atoms with Crippen molar-refractivity contribution in [3.63, 3.8) is 0 Å². The van der Waals surface area contributed by atoms with E-state index >= 15 is 0 Å². The summed E-state index contributed by atoms with van der Waals surface area (Å²) in [6, 6.07) is 0. The van der Waals surface area contributed by atoms with Crippen LogP contribution in [0, 0.1) is 5.92 Å². The summed E-state index contributed by atoms with van der Waals surface area (Å²) in [7, 11) is 0. The summed E-state index contributed by atoms with van der Waals surface area (Å²) < 4.78 is 32.2. The largest absolute Gasteiger partial charge is 0.290 e. The molecule has 4 nitrogen and oxygen atoms in total. The van der Waals surface area contributed by atoms with Gasteiger partial charge < -0.3 is 0 Å². The molecule has 2 unspecified atom stereocenters. The van der Waals surface area contributed by atoms with Gasteiger partial charge >= 0.3 is 0 Å². The van der Waals surface area contributed by atoms with E-state index in [1.54, 1.807) is 0 Å². The molecule has 0 heterocycles. The average Bonchev–Trinajstić information content (AvgIpc) is 2.15. The molecule has 0 aromatic carbocycles. The Labute approximate surface area is 96.0 Å². The van der Waals surface area contributed by atoms with Crippen LogP contribution in [0.2, 0.25) is 0 Å². The van der Waals surface area contributed by atoms with Crippen molar-refractivity contribution >= 4 is 22.2 Å². The van der Waals surface area contributed by atoms with Crippen molar-refractivity contribution < 1.29 is 16.8 Å². The molecule has 1 aliphatic carbocycles. The van der Waals surface area contributed by atoms with Gasteiger partial charge in [0.25, 0.3) is 0 Å². The molecule has 1 fully saturated rings. The van der Waals surface area contributed by atoms with Crippen molar-refractivity contribution in [1.29, 1.82) is 0 Å². The Morgan fingerprint density at radius 2 is 1.80 bits per heavy atom. The standard InChI is InChI=1S/C9H18O4S2/c1-14(10)12-7-8-5-3-4-6-9(8)13-15(2)11/h8-9H,3-7H2,1-2H3/t8-,9-,14?,15?/m0/s1. The maximum absolute atomic E-state index is 11.0. The van der Waals surface area contributed by atoms with Crippen LogP contribution in [0.5, 0.6) is 0 Å². The first kappa shape index (κ1) is 13.3. The zero-order valence-electron chi connectivity index (χ0n) is 9.14. The zero-order valence-corrected chi connectivity index (χ0v) is 10.8. The van der Waals surface area contributed by atoms with Gasteiger partial charge in [-0.25, -0.2) is 8.42 Å². The van der Waals surface area contributed by atoms with Crippen LogP contribution in [0.1, 0.15) is 25.7 Å². The smallest absolute Gasteiger partial charge is 0.152 e. The molecule has 0 aliphatic heterocycles. The average molecular weight is 254 g/mol. The maximum atomic E-state index is 11.0. The van der Waals surface area contributed by atoms with Crippen LogP contribution in [-0.4, -0.2) is 33.6 Å². The van der Waals surface area contributed by atoms with E-state index in [1.807, 2.05) is 0 Å². The van der Waals surface area contributed by atoms with E-state index in [1.165, 1.54) is 12.5 Å². The summed E-state index contributed by atoms with van der Waals surface area (Å²) in [4.78, 5) is 0. The monoisotopic (exact) mass is 254 g/mol. The summed E-state index contributed by atoms with van der Waals surface area (Å²) in [6.07, 6.45) is 7.20. The highest BCUT2D eigenvalue weighted by molar-refractivity contribution is 7.79. The first-order valence-electron chi connectivity index (χ1n) is 5.07. The quantitative estimate of drug-likeness (QED) is 0.739. The Hall–Kier alpha value is 0.220. The lowest BCUT2D eigenvalue weighted by Crippen LogP contribution is -2.31. The highest BCUT2D eigenvalue weighted by atomic mass is 32.2. The summed E-state index contributed by atoms with van der Waals surface area (Å²) >= 11 is -2.46. The molecule has 0 spiro atoms. The van der Waals surface area contributed by atoms with Crippen molar-refractivity contribution in [3.8, 4) is 0 Å². The maximum Gasteiger partial charge on any atom is 0.152 e. The second kappa shape index (κ2) is 6.73. The Kier molecular flexibility index (Phi) is 5.96. The summed E-state index contributed by atoms with van der Waals surface area (Å²) in [5.74, 6) is 0.228. The van der Waals surface area contributed by atoms with Crippen molar-refractivity contribution in [2.45, 2.75) is 31.8 Å². The number of hydrogen-bond acceptors (Lipinski definition) is 4. The van der Waals surface area contributed by atoms with E-state index in [0.29, 0.717) is 6.61 Å². The van der Waals surface area contributed by atoms with Gasteiger partial charge in [0, 0.05) is 18.4 Å². The molecule has 0 aromatic heterocycles. The zero-order chi connectivity index (χ0) is 11.3. The lowest BCUT2D eigenvalue weighted by Gasteiger charge is -2.29. The first-order valence-corrected chi connectivity index (χ1v) is 8.03. The van der Waals surface area contributed by atoms with E-state index in [2.05, 4.69) is 0 Å². The summed E-state index contributed by atoms with van der Waals surface area (Å²) in [5.41, 5.74) is 0. The lowest BCUT2D eigenvalue weighted by molar-refractivity contribution is 0.0765. The van der Waals surface area contributed by atoms with Crippen molar-refractivity contribution in [2.24, 2.45) is 5.92 Å². The molecule has 6 heteroatoms. The lowest BCUT2D eigenvalue weighted by atomic mass is 9.87. The highest BCUT2D eigenvalue weighted by Crippen LogP contribution is 2.27. The SMILES string of the molecule is CS(=O)OC[C@@H]1CCCC[C@@H]1OS(C)=O. The van der Waals surface area contributed by atoms with Gasteiger partial charge in [0.15, 0.2) is 22.2 Å². The molecule has 4 atom stereocenters. The van der Waals surface area contributed by atoms with Gasteiger partial charge in [-0.15, -0.1) is 0 Å². The molecule has 1 saturated carbocycles. The fourth-order valence-electron chi connectivity index (χ4n) is 1.85. The molecule has 90 valence electrons. The fourth-order valence-corrected chi connectivity index (χ4v) is 2.82. The van der Waals surface area contributed by atoms with Gasteiger partial charge in [0.2, 0.25) is 0 Å². The Balaban J connectivity index is 2.42. The molecule has 0 radical (unpaired) electrons. The van der Waals surface area contributed by atoms with Crippen LogP contribution < -0.4 is 0 Å². The van der Waals surface area contributed by atoms with Gasteiger partial charge in [0.05, 0.1) is 12.7 Å². The second-order valence-corrected chi connectivity index (χ2v) is 5.80. The van der Waals surface area contributed by atoms with Crippen molar-refractivity contribution in [3.05, 3.63) is 0 Å². The molecule has 0 N–H and O–H groups in total. The van der Waals surface area contributed by atoms with Crippen molar-refractivity contribution in [1.82, 2.24) is 0 Å². The second-order valence-electron chi connectivity index (χ2n) is 3.77. The van der Waals surface area contributed by atoms with Crippen LogP contribution >= 0.6 is 0 Å². The number of rotatable bonds is 5. The predicted molar refractivity (Wildman–Crippen MR) is 60.9 cm³/mol. The van der Waals surface area contributed by atoms with Gasteiger partial charge in [-0.3, -0.25) is 8.37 Å². The Morgan fingerprint density at radius 1 is 1.13 bits per heavy atom. The topological polar surface area (TPSA) is 52.6 Å². The van der Waals surface area contributed by atoms with E-state index in [-0.39, 0.29) is 12.0 Å². The third kappa shape index (κ3) is 5.19. The van der Waals surface area contributed by atoms with E-state index in [4.69, 9.17) is 8.37 Å². The molecule has 0 aromatic rings. The Morgan fingerprint density at radius 3 is 2.40 bits per heavy atom. The normalized spacial score (nSPS) is 31.1. The van der Waals surface area contributed by atoms with Crippen LogP contribution in [0.25, 0.3) is 0 Å². The first-order chi connectivity index (χ1) is 7.09. The molecule has 0 saturated heterocycles. The number of hydrogen-bond donors (Lipinski definition) is 0. The third-order valence-electron chi connectivity index (χ3n) is 2.55. The van der Waals surface area contributed by atoms with Crippen LogP contribution in [-0.2, 0) is 30.5 Å². The molecular weight excluding hydrogens is 236 g/mol. The summed E-state index contributed by atoms with van der Waals surface area (Å²) in [5, 5.41) is 0. The third-order valence-corrected chi connectivity index (χ3v) is 3.53. The molecule has 0 bridgehead atoms. The van der Waals surface area contributed by atoms with E-state index in [0.717, 1.165) is 25.7 Å². The van der Waals surface area contributed by atoms with Gasteiger partial charge in [-0.1, -0.05) is 12.8 Å². The molecular formula is C9H18O4S2. The van der Waals surface area contributed by atoms with Crippen molar-refractivity contribution in [2.75, 3.05) is 19.1 Å². The minimum Gasteiger partial charge on any atom is -0.290 e. The molecule has 15 heavy (non-hydrogen) atoms. The minimum absolute atomic E-state index is 0.00636.